The number of aromatic nitrogens is 4. The molecule has 1 aliphatic rings. The summed E-state index contributed by atoms with van der Waals surface area (Å²) in [5.41, 5.74) is 1.91. The topological polar surface area (TPSA) is 74.1 Å². The monoisotopic (exact) mass is 367 g/mol. The van der Waals surface area contributed by atoms with Crippen LogP contribution in [0.3, 0.4) is 0 Å². The van der Waals surface area contributed by atoms with Crippen molar-refractivity contribution in [3.05, 3.63) is 35.8 Å². The zero-order chi connectivity index (χ0) is 18.8. The van der Waals surface area contributed by atoms with Crippen LogP contribution in [0.5, 0.6) is 11.5 Å². The quantitative estimate of drug-likeness (QED) is 0.717. The van der Waals surface area contributed by atoms with Gasteiger partial charge in [0, 0.05) is 31.1 Å². The first-order chi connectivity index (χ1) is 13.2. The van der Waals surface area contributed by atoms with Gasteiger partial charge in [-0.15, -0.1) is 0 Å². The zero-order valence-electron chi connectivity index (χ0n) is 16.0. The summed E-state index contributed by atoms with van der Waals surface area (Å²) in [6, 6.07) is 5.83. The van der Waals surface area contributed by atoms with E-state index < -0.39 is 0 Å². The van der Waals surface area contributed by atoms with Gasteiger partial charge in [0.25, 0.3) is 0 Å². The van der Waals surface area contributed by atoms with Crippen molar-refractivity contribution in [2.24, 2.45) is 7.05 Å². The third kappa shape index (κ3) is 3.41. The molecule has 4 rings (SSSR count). The molecule has 27 heavy (non-hydrogen) atoms. The number of methoxy groups -OCH3 is 2. The molecular weight excluding hydrogens is 342 g/mol. The number of hydrogen-bond donors (Lipinski definition) is 1. The highest BCUT2D eigenvalue weighted by molar-refractivity contribution is 5.86. The molecule has 1 aromatic carbocycles. The van der Waals surface area contributed by atoms with Crippen molar-refractivity contribution in [2.75, 3.05) is 19.5 Å². The molecule has 1 aliphatic carbocycles. The van der Waals surface area contributed by atoms with E-state index in [1.54, 1.807) is 14.2 Å². The van der Waals surface area contributed by atoms with Gasteiger partial charge in [-0.3, -0.25) is 4.68 Å². The Labute approximate surface area is 158 Å². The largest absolute Gasteiger partial charge is 0.497 e. The van der Waals surface area contributed by atoms with Gasteiger partial charge >= 0.3 is 0 Å². The third-order valence-corrected chi connectivity index (χ3v) is 5.27. The fourth-order valence-electron chi connectivity index (χ4n) is 3.72. The summed E-state index contributed by atoms with van der Waals surface area (Å²) in [7, 11) is 5.24. The van der Waals surface area contributed by atoms with Crippen molar-refractivity contribution in [3.63, 3.8) is 0 Å². The van der Waals surface area contributed by atoms with Crippen LogP contribution < -0.4 is 14.8 Å². The summed E-state index contributed by atoms with van der Waals surface area (Å²) in [6.07, 6.45) is 6.65. The van der Waals surface area contributed by atoms with Crippen molar-refractivity contribution < 1.29 is 9.47 Å². The van der Waals surface area contributed by atoms with Gasteiger partial charge in [-0.05, 0) is 25.0 Å². The summed E-state index contributed by atoms with van der Waals surface area (Å²) in [4.78, 5) is 9.66. The van der Waals surface area contributed by atoms with Crippen LogP contribution in [0.2, 0.25) is 0 Å². The van der Waals surface area contributed by atoms with E-state index >= 15 is 0 Å². The molecule has 1 N–H and O–H groups in total. The minimum absolute atomic E-state index is 0.445. The van der Waals surface area contributed by atoms with Crippen LogP contribution >= 0.6 is 0 Å². The average Bonchev–Trinajstić information content (AvgIpc) is 3.36. The molecule has 7 nitrogen and oxygen atoms in total. The van der Waals surface area contributed by atoms with E-state index in [1.807, 2.05) is 36.1 Å². The predicted molar refractivity (Wildman–Crippen MR) is 104 cm³/mol. The number of nitrogens with one attached hydrogen (secondary N) is 1. The van der Waals surface area contributed by atoms with Crippen LogP contribution in [0.15, 0.2) is 24.4 Å². The summed E-state index contributed by atoms with van der Waals surface area (Å²) in [6.45, 7) is 0.596. The van der Waals surface area contributed by atoms with Gasteiger partial charge in [0.2, 0.25) is 0 Å². The first-order valence-electron chi connectivity index (χ1n) is 9.34. The number of fused-ring (bicyclic) bond motifs is 1. The highest BCUT2D eigenvalue weighted by Gasteiger charge is 2.22. The molecule has 2 heterocycles. The number of rotatable bonds is 6. The second-order valence-electron chi connectivity index (χ2n) is 6.95. The first-order valence-corrected chi connectivity index (χ1v) is 9.34. The molecule has 7 heteroatoms. The van der Waals surface area contributed by atoms with Crippen LogP contribution in [0.25, 0.3) is 11.0 Å². The van der Waals surface area contributed by atoms with Crippen molar-refractivity contribution in [2.45, 2.75) is 38.1 Å². The lowest BCUT2D eigenvalue weighted by atomic mass is 10.1. The molecular formula is C20H25N5O2. The maximum Gasteiger partial charge on any atom is 0.163 e. The molecule has 0 spiro atoms. The van der Waals surface area contributed by atoms with Gasteiger partial charge in [0.15, 0.2) is 5.65 Å². The van der Waals surface area contributed by atoms with Gasteiger partial charge < -0.3 is 14.8 Å². The van der Waals surface area contributed by atoms with Crippen LogP contribution in [0.4, 0.5) is 5.82 Å². The first kappa shape index (κ1) is 17.6. The zero-order valence-corrected chi connectivity index (χ0v) is 16.0. The van der Waals surface area contributed by atoms with Crippen molar-refractivity contribution in [3.8, 4) is 11.5 Å². The minimum Gasteiger partial charge on any atom is -0.497 e. The van der Waals surface area contributed by atoms with Gasteiger partial charge in [0.05, 0.1) is 25.8 Å². The highest BCUT2D eigenvalue weighted by Crippen LogP contribution is 2.34. The Balaban J connectivity index is 1.65. The summed E-state index contributed by atoms with van der Waals surface area (Å²) in [5, 5.41) is 8.77. The normalized spacial score (nSPS) is 14.6. The molecule has 1 fully saturated rings. The van der Waals surface area contributed by atoms with E-state index in [0.29, 0.717) is 12.5 Å². The Morgan fingerprint density at radius 3 is 2.70 bits per heavy atom. The molecule has 0 radical (unpaired) electrons. The van der Waals surface area contributed by atoms with Crippen LogP contribution in [-0.4, -0.2) is 34.0 Å². The Bertz CT molecular complexity index is 947. The van der Waals surface area contributed by atoms with Gasteiger partial charge in [-0.1, -0.05) is 12.8 Å². The number of nitrogens with zero attached hydrogens (tertiary/aromatic N) is 4. The number of aryl methyl sites for hydroxylation is 1. The fourth-order valence-corrected chi connectivity index (χ4v) is 3.72. The van der Waals surface area contributed by atoms with Crippen molar-refractivity contribution in [1.82, 2.24) is 19.7 Å². The molecule has 0 atom stereocenters. The maximum absolute atomic E-state index is 5.50. The molecule has 2 aromatic heterocycles. The van der Waals surface area contributed by atoms with E-state index in [4.69, 9.17) is 19.4 Å². The summed E-state index contributed by atoms with van der Waals surface area (Å²) in [5.74, 6) is 3.76. The maximum atomic E-state index is 5.50. The average molecular weight is 367 g/mol. The highest BCUT2D eigenvalue weighted by atomic mass is 16.5. The van der Waals surface area contributed by atoms with Crippen LogP contribution in [0, 0.1) is 0 Å². The second-order valence-corrected chi connectivity index (χ2v) is 6.95. The summed E-state index contributed by atoms with van der Waals surface area (Å²) >= 11 is 0. The van der Waals surface area contributed by atoms with Crippen molar-refractivity contribution in [1.29, 1.82) is 0 Å². The lowest BCUT2D eigenvalue weighted by Crippen LogP contribution is -2.09. The fraction of sp³-hybridized carbons (Fsp3) is 0.450. The standard InChI is InChI=1S/C20H25N5O2/c1-25-20-16(12-22-25)19(23-18(24-20)13-6-4-5-7-13)21-11-14-8-9-15(26-2)10-17(14)27-3/h8-10,12-13H,4-7,11H2,1-3H3,(H,21,23,24). The number of ether oxygens (including phenoxy) is 2. The van der Waals surface area contributed by atoms with E-state index in [1.165, 1.54) is 12.8 Å². The minimum atomic E-state index is 0.445. The molecule has 0 saturated heterocycles. The number of benzene rings is 1. The summed E-state index contributed by atoms with van der Waals surface area (Å²) < 4.78 is 12.6. The lowest BCUT2D eigenvalue weighted by molar-refractivity contribution is 0.391. The Morgan fingerprint density at radius 1 is 1.15 bits per heavy atom. The van der Waals surface area contributed by atoms with E-state index in [-0.39, 0.29) is 0 Å². The van der Waals surface area contributed by atoms with E-state index in [9.17, 15) is 0 Å². The van der Waals surface area contributed by atoms with Gasteiger partial charge in [-0.2, -0.15) is 5.10 Å². The van der Waals surface area contributed by atoms with Gasteiger partial charge in [0.1, 0.15) is 23.1 Å². The number of hydrogen-bond acceptors (Lipinski definition) is 6. The molecule has 0 bridgehead atoms. The lowest BCUT2D eigenvalue weighted by Gasteiger charge is -2.14. The van der Waals surface area contributed by atoms with Crippen LogP contribution in [-0.2, 0) is 13.6 Å². The molecule has 0 aliphatic heterocycles. The Morgan fingerprint density at radius 2 is 1.96 bits per heavy atom. The molecule has 0 unspecified atom stereocenters. The second kappa shape index (κ2) is 7.42. The third-order valence-electron chi connectivity index (χ3n) is 5.27. The number of anilines is 1. The van der Waals surface area contributed by atoms with Crippen molar-refractivity contribution >= 4 is 16.9 Å². The SMILES string of the molecule is COc1ccc(CNc2nc(C3CCCC3)nc3c2cnn3C)c(OC)c1. The van der Waals surface area contributed by atoms with Gasteiger partial charge in [-0.25, -0.2) is 9.97 Å². The Hall–Kier alpha value is -2.83. The van der Waals surface area contributed by atoms with Crippen LogP contribution in [0.1, 0.15) is 43.0 Å². The Kier molecular flexibility index (Phi) is 4.83. The van der Waals surface area contributed by atoms with E-state index in [0.717, 1.165) is 52.6 Å². The molecule has 1 saturated carbocycles. The molecule has 3 aromatic rings. The smallest absolute Gasteiger partial charge is 0.163 e. The van der Waals surface area contributed by atoms with E-state index in [2.05, 4.69) is 10.4 Å². The molecule has 0 amide bonds. The molecule has 142 valence electrons. The predicted octanol–water partition coefficient (Wildman–Crippen LogP) is 3.65.